The Hall–Kier alpha value is -1.19. The third-order valence-electron chi connectivity index (χ3n) is 4.87. The Bertz CT molecular complexity index is 590. The maximum absolute atomic E-state index is 8.56. The fourth-order valence-corrected chi connectivity index (χ4v) is 3.69. The molecule has 0 aromatic carbocycles. The molecule has 3 aliphatic heterocycles. The first-order valence-electron chi connectivity index (χ1n) is 11.0. The molecule has 34 heavy (non-hydrogen) atoms. The summed E-state index contributed by atoms with van der Waals surface area (Å²) in [5.41, 5.74) is 1.19. The van der Waals surface area contributed by atoms with Crippen molar-refractivity contribution >= 4 is 0 Å². The number of aliphatic hydroxyl groups excluding tert-OH is 2. The summed E-state index contributed by atoms with van der Waals surface area (Å²) in [4.78, 5) is 16.9. The van der Waals surface area contributed by atoms with Crippen LogP contribution in [0.25, 0.3) is 16.0 Å². The minimum Gasteiger partial charge on any atom is -0.686 e. The van der Waals surface area contributed by atoms with Crippen LogP contribution in [-0.4, -0.2) is 84.6 Å². The van der Waals surface area contributed by atoms with E-state index in [1.165, 1.54) is 44.2 Å². The average Bonchev–Trinajstić information content (AvgIpc) is 2.74. The van der Waals surface area contributed by atoms with Gasteiger partial charge in [0.05, 0.1) is 12.2 Å². The molecule has 0 radical (unpaired) electrons. The van der Waals surface area contributed by atoms with Crippen LogP contribution in [0.2, 0.25) is 0 Å². The molecule has 0 saturated carbocycles. The van der Waals surface area contributed by atoms with Gasteiger partial charge in [0.25, 0.3) is 0 Å². The zero-order valence-electron chi connectivity index (χ0n) is 19.6. The molecule has 5 atom stereocenters. The molecular weight excluding hydrogens is 597 g/mol. The summed E-state index contributed by atoms with van der Waals surface area (Å²) < 4.78 is 0. The van der Waals surface area contributed by atoms with Gasteiger partial charge in [0.1, 0.15) is 9.81 Å². The number of hydrogen-bond acceptors (Lipinski definition) is 4. The minimum absolute atomic E-state index is 0. The maximum Gasteiger partial charge on any atom is 3.00 e. The summed E-state index contributed by atoms with van der Waals surface area (Å²) in [6.45, 7) is 5.20. The Morgan fingerprint density at radius 1 is 0.941 bits per heavy atom. The number of aliphatic hydroxyl groups is 2. The molecule has 14 heteroatoms. The molecule has 2 saturated heterocycles. The van der Waals surface area contributed by atoms with Crippen LogP contribution in [0.1, 0.15) is 58.8 Å². The fourth-order valence-electron chi connectivity index (χ4n) is 3.69. The first kappa shape index (κ1) is 35.0. The Labute approximate surface area is 230 Å². The van der Waals surface area contributed by atoms with Crippen LogP contribution in [-0.2, 0) is 0 Å². The summed E-state index contributed by atoms with van der Waals surface area (Å²) in [7, 11) is 0. The van der Waals surface area contributed by atoms with Crippen molar-refractivity contribution in [1.82, 2.24) is 0 Å². The van der Waals surface area contributed by atoms with Crippen LogP contribution in [0.15, 0.2) is 23.9 Å². The van der Waals surface area contributed by atoms with Gasteiger partial charge in [-0.1, -0.05) is 50.7 Å². The number of nitrogens with zero attached hydrogens (tertiary/aromatic N) is 5. The molecule has 13 nitrogen and oxygen atoms in total. The normalized spacial score (nSPS) is 24.8. The molecule has 0 aromatic rings. The largest absolute Gasteiger partial charge is 3.00 e. The Morgan fingerprint density at radius 2 is 1.50 bits per heavy atom. The van der Waals surface area contributed by atoms with Crippen LogP contribution in [0, 0.1) is 48.4 Å². The molecule has 5 unspecified atom stereocenters. The summed E-state index contributed by atoms with van der Waals surface area (Å²) in [5.74, 6) is 0. The molecule has 3 rings (SSSR count). The van der Waals surface area contributed by atoms with Crippen molar-refractivity contribution in [2.75, 3.05) is 13.1 Å². The topological polar surface area (TPSA) is 204 Å². The van der Waals surface area contributed by atoms with Gasteiger partial charge in [0.2, 0.25) is 0 Å². The second-order valence-electron chi connectivity index (χ2n) is 7.93. The zero-order chi connectivity index (χ0) is 25.2. The molecule has 0 aliphatic carbocycles. The quantitative estimate of drug-likeness (QED) is 0.253. The van der Waals surface area contributed by atoms with E-state index in [0.29, 0.717) is 24.5 Å². The summed E-state index contributed by atoms with van der Waals surface area (Å²) >= 11 is 0. The zero-order valence-corrected chi connectivity index (χ0v) is 21.7. The fraction of sp³-hybridized carbons (Fsp3) is 0.800. The van der Waals surface area contributed by atoms with E-state index >= 15 is 0 Å². The van der Waals surface area contributed by atoms with Gasteiger partial charge >= 0.3 is 48.8 Å². The molecule has 6 N–H and O–H groups in total. The Balaban J connectivity index is 0. The second kappa shape index (κ2) is 21.1. The Morgan fingerprint density at radius 3 is 1.91 bits per heavy atom. The van der Waals surface area contributed by atoms with E-state index in [4.69, 9.17) is 51.5 Å². The monoisotopic (exact) mass is 635 g/mol. The minimum atomic E-state index is -1.25. The predicted molar refractivity (Wildman–Crippen MR) is 118 cm³/mol. The molecule has 3 aliphatic rings. The summed E-state index contributed by atoms with van der Waals surface area (Å²) in [6.07, 6.45) is 13.6. The van der Waals surface area contributed by atoms with Crippen molar-refractivity contribution in [3.05, 3.63) is 49.7 Å². The molecule has 2 fully saturated rings. The molecular formula is C20H38N5O8Tb+2. The van der Waals surface area contributed by atoms with Gasteiger partial charge in [0, 0.05) is 0 Å². The van der Waals surface area contributed by atoms with E-state index in [1.54, 1.807) is 13.8 Å². The molecule has 0 bridgehead atoms. The second-order valence-corrected chi connectivity index (χ2v) is 7.93. The van der Waals surface area contributed by atoms with Gasteiger partial charge in [-0.25, -0.2) is 20.8 Å². The van der Waals surface area contributed by atoms with Crippen molar-refractivity contribution in [2.24, 2.45) is 0 Å². The molecule has 0 aromatic heterocycles. The van der Waals surface area contributed by atoms with E-state index in [9.17, 15) is 0 Å². The number of piperidine rings is 2. The molecule has 198 valence electrons. The molecule has 0 spiro atoms. The van der Waals surface area contributed by atoms with Crippen LogP contribution in [0.3, 0.4) is 0 Å². The Kier molecular flexibility index (Phi) is 21.7. The van der Waals surface area contributed by atoms with E-state index in [2.05, 4.69) is 23.5 Å². The van der Waals surface area contributed by atoms with Crippen molar-refractivity contribution < 1.29 is 79.8 Å². The van der Waals surface area contributed by atoms with Gasteiger partial charge in [-0.05, 0) is 20.3 Å². The van der Waals surface area contributed by atoms with E-state index in [0.717, 1.165) is 13.1 Å². The number of allylic oxidation sites excluding steroid dienone is 2. The van der Waals surface area contributed by atoms with Gasteiger partial charge in [-0.3, -0.25) is 0 Å². The van der Waals surface area contributed by atoms with E-state index in [1.807, 2.05) is 0 Å². The van der Waals surface area contributed by atoms with E-state index < -0.39 is 10.2 Å². The van der Waals surface area contributed by atoms with Crippen molar-refractivity contribution in [1.29, 1.82) is 0 Å². The molecule has 3 heterocycles. The molecule has 0 amide bonds. The standard InChI is InChI=1S/C15H22N3.C5H12O2.2H2NO3.Tb/c1-3-10-16-12(6-1)14-8-5-9-15(18-14)13-7-2-4-11-17-13;1-4(6)3-5(2)7;2*2-1(3)4;/h1,3,6,13-15H,2,4-5,7-11H2;4-7H,3H2,1-2H3;2*(H2,2,3,4);/q-3;;2*+1;+3. The SMILES string of the molecule is C1=CC[N-]C(C2CCCC(C3CCCC[N-]3)[N-]2)=C1.CC(O)CC(C)O.O=[N+](O)O.O=[N+](O)O.[Tb+3]. The smallest absolute Gasteiger partial charge is 0.686 e. The number of hydrogen-bond donors (Lipinski definition) is 6. The average molecular weight is 635 g/mol. The first-order valence-corrected chi connectivity index (χ1v) is 11.0. The van der Waals surface area contributed by atoms with Gasteiger partial charge in [-0.15, -0.1) is 25.2 Å². The third-order valence-corrected chi connectivity index (χ3v) is 4.87. The maximum atomic E-state index is 8.56. The van der Waals surface area contributed by atoms with Crippen molar-refractivity contribution in [2.45, 2.75) is 89.1 Å². The van der Waals surface area contributed by atoms with Crippen molar-refractivity contribution in [3.8, 4) is 0 Å². The number of rotatable bonds is 4. The summed E-state index contributed by atoms with van der Waals surface area (Å²) in [6, 6.07) is 1.30. The van der Waals surface area contributed by atoms with Crippen LogP contribution < -0.4 is 0 Å². The third kappa shape index (κ3) is 20.2. The van der Waals surface area contributed by atoms with E-state index in [-0.39, 0.29) is 50.8 Å². The van der Waals surface area contributed by atoms with Crippen molar-refractivity contribution in [3.63, 3.8) is 0 Å². The van der Waals surface area contributed by atoms with Crippen LogP contribution >= 0.6 is 0 Å². The van der Waals surface area contributed by atoms with Gasteiger partial charge in [-0.2, -0.15) is 17.8 Å². The predicted octanol–water partition coefficient (Wildman–Crippen LogP) is 3.26. The van der Waals surface area contributed by atoms with Crippen LogP contribution in [0.4, 0.5) is 0 Å². The van der Waals surface area contributed by atoms with Crippen LogP contribution in [0.5, 0.6) is 0 Å². The van der Waals surface area contributed by atoms with Gasteiger partial charge in [0.15, 0.2) is 0 Å². The summed E-state index contributed by atoms with van der Waals surface area (Å²) in [5, 5.41) is 56.6. The first-order chi connectivity index (χ1) is 15.5. The van der Waals surface area contributed by atoms with Gasteiger partial charge < -0.3 is 26.2 Å².